The van der Waals surface area contributed by atoms with Crippen molar-refractivity contribution in [2.75, 3.05) is 0 Å². The predicted molar refractivity (Wildman–Crippen MR) is 131 cm³/mol. The van der Waals surface area contributed by atoms with E-state index in [0.717, 1.165) is 44.3 Å². The van der Waals surface area contributed by atoms with Crippen LogP contribution in [0.2, 0.25) is 0 Å². The van der Waals surface area contributed by atoms with Crippen molar-refractivity contribution < 1.29 is 4.42 Å². The summed E-state index contributed by atoms with van der Waals surface area (Å²) in [7, 11) is 0. The van der Waals surface area contributed by atoms with Crippen LogP contribution in [-0.4, -0.2) is 4.98 Å². The van der Waals surface area contributed by atoms with Gasteiger partial charge in [-0.05, 0) is 70.6 Å². The maximum atomic E-state index is 9.32. The van der Waals surface area contributed by atoms with E-state index in [0.29, 0.717) is 11.1 Å². The third-order valence-corrected chi connectivity index (χ3v) is 5.93. The Bertz CT molecular complexity index is 1590. The van der Waals surface area contributed by atoms with Crippen molar-refractivity contribution in [3.05, 3.63) is 89.6 Å². The van der Waals surface area contributed by atoms with Crippen LogP contribution in [-0.2, 0) is 5.41 Å². The van der Waals surface area contributed by atoms with Gasteiger partial charge in [0.15, 0.2) is 0 Å². The van der Waals surface area contributed by atoms with Gasteiger partial charge in [0, 0.05) is 22.5 Å². The molecule has 0 amide bonds. The fourth-order valence-electron chi connectivity index (χ4n) is 4.15. The molecule has 4 nitrogen and oxygen atoms in total. The summed E-state index contributed by atoms with van der Waals surface area (Å²) in [5, 5.41) is 20.7. The normalized spacial score (nSPS) is 11.4. The van der Waals surface area contributed by atoms with Crippen molar-refractivity contribution in [3.8, 4) is 34.5 Å². The van der Waals surface area contributed by atoms with Gasteiger partial charge < -0.3 is 4.42 Å². The van der Waals surface area contributed by atoms with Crippen LogP contribution in [0, 0.1) is 22.7 Å². The molecule has 33 heavy (non-hydrogen) atoms. The molecule has 5 aromatic rings. The largest absolute Gasteiger partial charge is 0.455 e. The Morgan fingerprint density at radius 1 is 0.788 bits per heavy atom. The third kappa shape index (κ3) is 3.63. The zero-order valence-electron chi connectivity index (χ0n) is 18.7. The van der Waals surface area contributed by atoms with E-state index in [2.05, 4.69) is 56.1 Å². The standard InChI is InChI=1S/C29H21N3O/c1-29(2,3)22-9-10-32-26(15-22)25-6-4-5-24-23-8-7-20(14-27(23)33-28(24)25)21-12-18(16-30)11-19(13-21)17-31/h4-15H,1-3H3. The van der Waals surface area contributed by atoms with E-state index < -0.39 is 0 Å². The summed E-state index contributed by atoms with van der Waals surface area (Å²) in [5.74, 6) is 0. The molecule has 0 saturated carbocycles. The molecule has 2 heterocycles. The highest BCUT2D eigenvalue weighted by atomic mass is 16.3. The minimum absolute atomic E-state index is 0.0224. The third-order valence-electron chi connectivity index (χ3n) is 5.93. The molecule has 0 aliphatic carbocycles. The van der Waals surface area contributed by atoms with Crippen LogP contribution >= 0.6 is 0 Å². The smallest absolute Gasteiger partial charge is 0.144 e. The van der Waals surface area contributed by atoms with Gasteiger partial charge in [0.2, 0.25) is 0 Å². The fourth-order valence-corrected chi connectivity index (χ4v) is 4.15. The van der Waals surface area contributed by atoms with Gasteiger partial charge in [-0.2, -0.15) is 10.5 Å². The Morgan fingerprint density at radius 2 is 1.55 bits per heavy atom. The molecule has 0 unspecified atom stereocenters. The minimum atomic E-state index is 0.0224. The zero-order chi connectivity index (χ0) is 23.2. The number of hydrogen-bond donors (Lipinski definition) is 0. The molecule has 0 fully saturated rings. The SMILES string of the molecule is CC(C)(C)c1ccnc(-c2cccc3c2oc2cc(-c4cc(C#N)cc(C#N)c4)ccc23)c1. The Morgan fingerprint density at radius 3 is 2.24 bits per heavy atom. The number of aromatic nitrogens is 1. The molecule has 2 aromatic heterocycles. The lowest BCUT2D eigenvalue weighted by Gasteiger charge is -2.19. The lowest BCUT2D eigenvalue weighted by atomic mass is 9.87. The van der Waals surface area contributed by atoms with Crippen LogP contribution in [0.3, 0.4) is 0 Å². The number of nitriles is 2. The Hall–Kier alpha value is -4.41. The van der Waals surface area contributed by atoms with Gasteiger partial charge in [0.25, 0.3) is 0 Å². The van der Waals surface area contributed by atoms with Crippen molar-refractivity contribution in [1.82, 2.24) is 4.98 Å². The maximum Gasteiger partial charge on any atom is 0.144 e. The van der Waals surface area contributed by atoms with Crippen molar-refractivity contribution in [2.45, 2.75) is 26.2 Å². The van der Waals surface area contributed by atoms with E-state index in [-0.39, 0.29) is 5.41 Å². The molecule has 0 N–H and O–H groups in total. The summed E-state index contributed by atoms with van der Waals surface area (Å²) in [4.78, 5) is 4.63. The predicted octanol–water partition coefficient (Wildman–Crippen LogP) is 7.36. The summed E-state index contributed by atoms with van der Waals surface area (Å²) in [6.07, 6.45) is 1.85. The van der Waals surface area contributed by atoms with Crippen LogP contribution in [0.1, 0.15) is 37.5 Å². The van der Waals surface area contributed by atoms with Crippen LogP contribution in [0.4, 0.5) is 0 Å². The number of furan rings is 1. The molecule has 0 bridgehead atoms. The minimum Gasteiger partial charge on any atom is -0.455 e. The molecule has 0 radical (unpaired) electrons. The number of pyridine rings is 1. The first-order valence-corrected chi connectivity index (χ1v) is 10.8. The molecule has 3 aromatic carbocycles. The van der Waals surface area contributed by atoms with Gasteiger partial charge in [-0.3, -0.25) is 4.98 Å². The van der Waals surface area contributed by atoms with E-state index >= 15 is 0 Å². The molecule has 0 aliphatic rings. The van der Waals surface area contributed by atoms with Crippen LogP contribution in [0.5, 0.6) is 0 Å². The quantitative estimate of drug-likeness (QED) is 0.295. The lowest BCUT2D eigenvalue weighted by Crippen LogP contribution is -2.11. The fraction of sp³-hybridized carbons (Fsp3) is 0.138. The highest BCUT2D eigenvalue weighted by Crippen LogP contribution is 2.37. The number of hydrogen-bond acceptors (Lipinski definition) is 4. The van der Waals surface area contributed by atoms with Crippen molar-refractivity contribution in [2.24, 2.45) is 0 Å². The number of para-hydroxylation sites is 1. The number of fused-ring (bicyclic) bond motifs is 3. The number of rotatable bonds is 2. The molecule has 0 saturated heterocycles. The average Bonchev–Trinajstić information content (AvgIpc) is 3.21. The first kappa shape index (κ1) is 20.5. The molecule has 158 valence electrons. The molecule has 5 rings (SSSR count). The molecule has 0 atom stereocenters. The van der Waals surface area contributed by atoms with Crippen molar-refractivity contribution in [1.29, 1.82) is 10.5 Å². The summed E-state index contributed by atoms with van der Waals surface area (Å²) in [6.45, 7) is 6.57. The van der Waals surface area contributed by atoms with Crippen LogP contribution in [0.25, 0.3) is 44.3 Å². The molecular formula is C29H21N3O. The van der Waals surface area contributed by atoms with E-state index in [4.69, 9.17) is 4.42 Å². The van der Waals surface area contributed by atoms with Crippen molar-refractivity contribution >= 4 is 21.9 Å². The van der Waals surface area contributed by atoms with Gasteiger partial charge in [0.1, 0.15) is 11.2 Å². The first-order valence-electron chi connectivity index (χ1n) is 10.8. The maximum absolute atomic E-state index is 9.32. The van der Waals surface area contributed by atoms with Gasteiger partial charge in [-0.15, -0.1) is 0 Å². The monoisotopic (exact) mass is 427 g/mol. The van der Waals surface area contributed by atoms with Gasteiger partial charge in [-0.25, -0.2) is 0 Å². The van der Waals surface area contributed by atoms with Gasteiger partial charge in [-0.1, -0.05) is 39.0 Å². The van der Waals surface area contributed by atoms with Gasteiger partial charge in [0.05, 0.1) is 29.0 Å². The zero-order valence-corrected chi connectivity index (χ0v) is 18.7. The number of nitrogens with zero attached hydrogens (tertiary/aromatic N) is 3. The first-order chi connectivity index (χ1) is 15.9. The number of benzene rings is 3. The summed E-state index contributed by atoms with van der Waals surface area (Å²) in [5.41, 5.74) is 7.25. The van der Waals surface area contributed by atoms with Crippen LogP contribution < -0.4 is 0 Å². The van der Waals surface area contributed by atoms with E-state index in [1.807, 2.05) is 36.5 Å². The van der Waals surface area contributed by atoms with E-state index in [1.54, 1.807) is 18.2 Å². The Balaban J connectivity index is 1.69. The molecule has 0 aliphatic heterocycles. The lowest BCUT2D eigenvalue weighted by molar-refractivity contribution is 0.589. The molecule has 4 heteroatoms. The summed E-state index contributed by atoms with van der Waals surface area (Å²) >= 11 is 0. The van der Waals surface area contributed by atoms with Crippen molar-refractivity contribution in [3.63, 3.8) is 0 Å². The second-order valence-corrected chi connectivity index (χ2v) is 9.20. The molecule has 0 spiro atoms. The van der Waals surface area contributed by atoms with Crippen LogP contribution in [0.15, 0.2) is 77.3 Å². The Labute approximate surface area is 192 Å². The summed E-state index contributed by atoms with van der Waals surface area (Å²) in [6, 6.07) is 25.7. The topological polar surface area (TPSA) is 73.6 Å². The van der Waals surface area contributed by atoms with E-state index in [9.17, 15) is 10.5 Å². The molecular weight excluding hydrogens is 406 g/mol. The van der Waals surface area contributed by atoms with E-state index in [1.165, 1.54) is 5.56 Å². The highest BCUT2D eigenvalue weighted by Gasteiger charge is 2.18. The summed E-state index contributed by atoms with van der Waals surface area (Å²) < 4.78 is 6.37. The highest BCUT2D eigenvalue weighted by molar-refractivity contribution is 6.10. The van der Waals surface area contributed by atoms with Gasteiger partial charge >= 0.3 is 0 Å². The average molecular weight is 428 g/mol. The second-order valence-electron chi connectivity index (χ2n) is 9.20. The Kier molecular flexibility index (Phi) is 4.73. The second kappa shape index (κ2) is 7.62.